The number of benzene rings is 1. The van der Waals surface area contributed by atoms with Gasteiger partial charge in [0.05, 0.1) is 12.7 Å². The molecule has 0 saturated carbocycles. The van der Waals surface area contributed by atoms with E-state index in [4.69, 9.17) is 4.74 Å². The van der Waals surface area contributed by atoms with E-state index in [9.17, 15) is 9.90 Å². The Balaban J connectivity index is 1.93. The maximum atomic E-state index is 12.3. The minimum atomic E-state index is -0.440. The number of ether oxygens (including phenoxy) is 1. The molecule has 1 aromatic carbocycles. The number of anilines is 1. The molecule has 128 valence electrons. The lowest BCUT2D eigenvalue weighted by Crippen LogP contribution is -2.47. The summed E-state index contributed by atoms with van der Waals surface area (Å²) in [4.78, 5) is 14.0. The van der Waals surface area contributed by atoms with Crippen LogP contribution in [0.2, 0.25) is 0 Å². The summed E-state index contributed by atoms with van der Waals surface area (Å²) in [7, 11) is 0. The van der Waals surface area contributed by atoms with Gasteiger partial charge in [0.25, 0.3) is 0 Å². The van der Waals surface area contributed by atoms with Crippen molar-refractivity contribution in [3.63, 3.8) is 0 Å². The van der Waals surface area contributed by atoms with Gasteiger partial charge in [-0.15, -0.1) is 0 Å². The highest BCUT2D eigenvalue weighted by molar-refractivity contribution is 5.90. The summed E-state index contributed by atoms with van der Waals surface area (Å²) in [5.74, 6) is 1.08. The largest absolute Gasteiger partial charge is 0.494 e. The van der Waals surface area contributed by atoms with Gasteiger partial charge in [-0.25, -0.2) is 4.79 Å². The molecule has 1 aliphatic heterocycles. The van der Waals surface area contributed by atoms with Crippen LogP contribution in [0.3, 0.4) is 0 Å². The van der Waals surface area contributed by atoms with Crippen LogP contribution < -0.4 is 10.1 Å². The van der Waals surface area contributed by atoms with Crippen LogP contribution in [0.5, 0.6) is 5.75 Å². The van der Waals surface area contributed by atoms with Gasteiger partial charge in [0.15, 0.2) is 0 Å². The smallest absolute Gasteiger partial charge is 0.321 e. The number of aryl methyl sites for hydroxylation is 1. The third kappa shape index (κ3) is 4.86. The first-order chi connectivity index (χ1) is 11.0. The first-order valence-corrected chi connectivity index (χ1v) is 8.48. The molecule has 5 nitrogen and oxygen atoms in total. The summed E-state index contributed by atoms with van der Waals surface area (Å²) in [5.41, 5.74) is 1.75. The van der Waals surface area contributed by atoms with Crippen LogP contribution in [0.4, 0.5) is 10.5 Å². The lowest BCUT2D eigenvalue weighted by Gasteiger charge is -2.34. The van der Waals surface area contributed by atoms with E-state index in [-0.39, 0.29) is 11.9 Å². The Morgan fingerprint density at radius 1 is 1.48 bits per heavy atom. The molecule has 2 rings (SSSR count). The number of likely N-dealkylation sites (tertiary alicyclic amines) is 1. The van der Waals surface area contributed by atoms with Crippen LogP contribution in [-0.4, -0.2) is 41.8 Å². The molecule has 2 atom stereocenters. The number of urea groups is 1. The number of aliphatic hydroxyl groups excluding tert-OH is 1. The number of hydrogen-bond acceptors (Lipinski definition) is 3. The summed E-state index contributed by atoms with van der Waals surface area (Å²) in [6.07, 6.45) is 2.53. The van der Waals surface area contributed by atoms with Crippen LogP contribution in [0.15, 0.2) is 18.2 Å². The first kappa shape index (κ1) is 17.6. The average molecular weight is 320 g/mol. The molecule has 0 aromatic heterocycles. The maximum absolute atomic E-state index is 12.3. The van der Waals surface area contributed by atoms with Gasteiger partial charge in [-0.1, -0.05) is 20.3 Å². The van der Waals surface area contributed by atoms with E-state index < -0.39 is 6.10 Å². The number of nitrogens with zero attached hydrogens (tertiary/aromatic N) is 1. The number of carbonyl (C=O) groups is 1. The molecule has 1 heterocycles. The van der Waals surface area contributed by atoms with Gasteiger partial charge in [-0.3, -0.25) is 0 Å². The van der Waals surface area contributed by atoms with Crippen LogP contribution >= 0.6 is 0 Å². The number of rotatable bonds is 5. The van der Waals surface area contributed by atoms with E-state index in [2.05, 4.69) is 12.2 Å². The molecule has 2 N–H and O–H groups in total. The van der Waals surface area contributed by atoms with E-state index in [0.29, 0.717) is 19.7 Å². The molecule has 0 spiro atoms. The number of aliphatic hydroxyl groups is 1. The highest BCUT2D eigenvalue weighted by atomic mass is 16.5. The van der Waals surface area contributed by atoms with Gasteiger partial charge in [0, 0.05) is 18.8 Å². The van der Waals surface area contributed by atoms with Gasteiger partial charge in [0.2, 0.25) is 0 Å². The van der Waals surface area contributed by atoms with Crippen molar-refractivity contribution < 1.29 is 14.6 Å². The van der Waals surface area contributed by atoms with Gasteiger partial charge < -0.3 is 20.1 Å². The van der Waals surface area contributed by atoms with Crippen LogP contribution in [0, 0.1) is 12.8 Å². The van der Waals surface area contributed by atoms with Crippen molar-refractivity contribution in [3.05, 3.63) is 23.8 Å². The van der Waals surface area contributed by atoms with Crippen molar-refractivity contribution in [1.29, 1.82) is 0 Å². The normalized spacial score (nSPS) is 21.1. The molecule has 1 aliphatic rings. The average Bonchev–Trinajstić information content (AvgIpc) is 2.52. The molecule has 23 heavy (non-hydrogen) atoms. The number of nitrogens with one attached hydrogen (secondary N) is 1. The highest BCUT2D eigenvalue weighted by Gasteiger charge is 2.27. The van der Waals surface area contributed by atoms with Crippen molar-refractivity contribution in [3.8, 4) is 5.75 Å². The predicted octanol–water partition coefficient (Wildman–Crippen LogP) is 3.41. The Hall–Kier alpha value is -1.75. The second-order valence-corrected chi connectivity index (χ2v) is 6.39. The Morgan fingerprint density at radius 2 is 2.26 bits per heavy atom. The van der Waals surface area contributed by atoms with Crippen LogP contribution in [0.25, 0.3) is 0 Å². The zero-order valence-corrected chi connectivity index (χ0v) is 14.3. The summed E-state index contributed by atoms with van der Waals surface area (Å²) >= 11 is 0. The highest BCUT2D eigenvalue weighted by Crippen LogP contribution is 2.23. The van der Waals surface area contributed by atoms with Gasteiger partial charge in [-0.2, -0.15) is 0 Å². The number of piperidine rings is 1. The summed E-state index contributed by atoms with van der Waals surface area (Å²) in [6.45, 7) is 7.89. The van der Waals surface area contributed by atoms with E-state index in [1.54, 1.807) is 4.90 Å². The van der Waals surface area contributed by atoms with E-state index >= 15 is 0 Å². The molecule has 0 radical (unpaired) electrons. The SMILES string of the molecule is CCCCOc1ccc(NC(=O)N2CCC(C)C(O)C2)c(C)c1. The molecule has 2 unspecified atom stereocenters. The van der Waals surface area contributed by atoms with Crippen molar-refractivity contribution in [2.75, 3.05) is 25.0 Å². The number of carbonyl (C=O) groups excluding carboxylic acids is 1. The Labute approximate surface area is 138 Å². The predicted molar refractivity (Wildman–Crippen MR) is 92.0 cm³/mol. The second kappa shape index (κ2) is 8.20. The third-order valence-corrected chi connectivity index (χ3v) is 4.41. The van der Waals surface area contributed by atoms with Crippen molar-refractivity contribution in [2.24, 2.45) is 5.92 Å². The fourth-order valence-electron chi connectivity index (χ4n) is 2.63. The second-order valence-electron chi connectivity index (χ2n) is 6.39. The van der Waals surface area contributed by atoms with Crippen molar-refractivity contribution in [1.82, 2.24) is 4.90 Å². The molecular weight excluding hydrogens is 292 g/mol. The maximum Gasteiger partial charge on any atom is 0.321 e. The fraction of sp³-hybridized carbons (Fsp3) is 0.611. The third-order valence-electron chi connectivity index (χ3n) is 4.41. The van der Waals surface area contributed by atoms with Gasteiger partial charge in [0.1, 0.15) is 5.75 Å². The Morgan fingerprint density at radius 3 is 2.91 bits per heavy atom. The van der Waals surface area contributed by atoms with Crippen molar-refractivity contribution in [2.45, 2.75) is 46.1 Å². The zero-order valence-electron chi connectivity index (χ0n) is 14.3. The molecule has 0 bridgehead atoms. The molecule has 1 aromatic rings. The quantitative estimate of drug-likeness (QED) is 0.817. The lowest BCUT2D eigenvalue weighted by atomic mass is 9.96. The molecular formula is C18H28N2O3. The van der Waals surface area contributed by atoms with Crippen LogP contribution in [0.1, 0.15) is 38.7 Å². The van der Waals surface area contributed by atoms with E-state index in [0.717, 1.165) is 36.3 Å². The lowest BCUT2D eigenvalue weighted by molar-refractivity contribution is 0.0464. The molecule has 0 aliphatic carbocycles. The number of unbranched alkanes of at least 4 members (excludes halogenated alkanes) is 1. The monoisotopic (exact) mass is 320 g/mol. The summed E-state index contributed by atoms with van der Waals surface area (Å²) in [6, 6.07) is 5.54. The Bertz CT molecular complexity index is 533. The fourth-order valence-corrected chi connectivity index (χ4v) is 2.63. The first-order valence-electron chi connectivity index (χ1n) is 8.48. The zero-order chi connectivity index (χ0) is 16.8. The number of hydrogen-bond donors (Lipinski definition) is 2. The number of amides is 2. The minimum Gasteiger partial charge on any atom is -0.494 e. The molecule has 5 heteroatoms. The van der Waals surface area contributed by atoms with E-state index in [1.165, 1.54) is 0 Å². The summed E-state index contributed by atoms with van der Waals surface area (Å²) in [5, 5.41) is 12.8. The number of β-amino-alcohol motifs (C(OH)–C–C–N with tert-alkyl or cyclic N) is 1. The van der Waals surface area contributed by atoms with Crippen molar-refractivity contribution >= 4 is 11.7 Å². The molecule has 1 fully saturated rings. The van der Waals surface area contributed by atoms with Gasteiger partial charge in [-0.05, 0) is 49.4 Å². The summed E-state index contributed by atoms with van der Waals surface area (Å²) < 4.78 is 5.67. The molecule has 1 saturated heterocycles. The van der Waals surface area contributed by atoms with Gasteiger partial charge >= 0.3 is 6.03 Å². The standard InChI is InChI=1S/C18H28N2O3/c1-4-5-10-23-15-6-7-16(14(3)11-15)19-18(22)20-9-8-13(2)17(21)12-20/h6-7,11,13,17,21H,4-5,8-10,12H2,1-3H3,(H,19,22). The molecule has 2 amide bonds. The minimum absolute atomic E-state index is 0.154. The van der Waals surface area contributed by atoms with Crippen LogP contribution in [-0.2, 0) is 0 Å². The topological polar surface area (TPSA) is 61.8 Å². The Kier molecular flexibility index (Phi) is 6.28. The van der Waals surface area contributed by atoms with E-state index in [1.807, 2.05) is 32.0 Å².